The fourth-order valence-corrected chi connectivity index (χ4v) is 4.00. The highest BCUT2D eigenvalue weighted by molar-refractivity contribution is 7.16. The van der Waals surface area contributed by atoms with Crippen molar-refractivity contribution < 1.29 is 4.79 Å². The third-order valence-electron chi connectivity index (χ3n) is 4.26. The molecule has 2 heterocycles. The van der Waals surface area contributed by atoms with Gasteiger partial charge in [0.1, 0.15) is 0 Å². The van der Waals surface area contributed by atoms with Crippen LogP contribution in [0.25, 0.3) is 0 Å². The minimum absolute atomic E-state index is 0.0581. The van der Waals surface area contributed by atoms with E-state index in [9.17, 15) is 4.79 Å². The second-order valence-electron chi connectivity index (χ2n) is 6.12. The average molecular weight is 364 g/mol. The Morgan fingerprint density at radius 1 is 1.12 bits per heavy atom. The molecule has 0 bridgehead atoms. The molecule has 1 aliphatic rings. The van der Waals surface area contributed by atoms with Crippen LogP contribution in [0.2, 0.25) is 4.34 Å². The molecule has 1 fully saturated rings. The second-order valence-corrected chi connectivity index (χ2v) is 7.92. The van der Waals surface area contributed by atoms with Crippen LogP contribution in [-0.2, 0) is 11.3 Å². The maximum atomic E-state index is 12.2. The van der Waals surface area contributed by atoms with E-state index in [2.05, 4.69) is 21.2 Å². The van der Waals surface area contributed by atoms with Crippen LogP contribution in [0, 0.1) is 6.92 Å². The first-order valence-corrected chi connectivity index (χ1v) is 9.34. The van der Waals surface area contributed by atoms with Gasteiger partial charge in [0.2, 0.25) is 5.91 Å². The van der Waals surface area contributed by atoms with Crippen molar-refractivity contribution in [1.82, 2.24) is 9.80 Å². The molecule has 2 aromatic rings. The summed E-state index contributed by atoms with van der Waals surface area (Å²) in [5, 5.41) is 3.00. The summed E-state index contributed by atoms with van der Waals surface area (Å²) in [5.74, 6) is 0.0581. The maximum absolute atomic E-state index is 12.2. The molecule has 24 heavy (non-hydrogen) atoms. The molecule has 0 spiro atoms. The Morgan fingerprint density at radius 3 is 2.50 bits per heavy atom. The van der Waals surface area contributed by atoms with E-state index in [0.717, 1.165) is 48.3 Å². The summed E-state index contributed by atoms with van der Waals surface area (Å²) < 4.78 is 0.844. The molecule has 4 nitrogen and oxygen atoms in total. The Balaban J connectivity index is 1.43. The number of piperazine rings is 1. The molecule has 1 aromatic carbocycles. The molecule has 0 radical (unpaired) electrons. The van der Waals surface area contributed by atoms with E-state index in [1.807, 2.05) is 37.3 Å². The van der Waals surface area contributed by atoms with Crippen molar-refractivity contribution in [1.29, 1.82) is 0 Å². The number of para-hydroxylation sites is 1. The van der Waals surface area contributed by atoms with Gasteiger partial charge in [0.15, 0.2) is 0 Å². The molecule has 1 saturated heterocycles. The van der Waals surface area contributed by atoms with Crippen molar-refractivity contribution >= 4 is 34.5 Å². The van der Waals surface area contributed by atoms with Crippen molar-refractivity contribution in [3.8, 4) is 0 Å². The Labute approximate surface area is 152 Å². The summed E-state index contributed by atoms with van der Waals surface area (Å²) >= 11 is 7.62. The lowest BCUT2D eigenvalue weighted by Gasteiger charge is -2.34. The van der Waals surface area contributed by atoms with E-state index >= 15 is 0 Å². The minimum Gasteiger partial charge on any atom is -0.325 e. The van der Waals surface area contributed by atoms with Crippen LogP contribution >= 0.6 is 22.9 Å². The van der Waals surface area contributed by atoms with E-state index in [4.69, 9.17) is 11.6 Å². The lowest BCUT2D eigenvalue weighted by atomic mass is 10.2. The molecule has 1 aromatic heterocycles. The largest absolute Gasteiger partial charge is 0.325 e. The van der Waals surface area contributed by atoms with Gasteiger partial charge in [-0.25, -0.2) is 0 Å². The van der Waals surface area contributed by atoms with Crippen LogP contribution in [0.3, 0.4) is 0 Å². The minimum atomic E-state index is 0.0581. The molecule has 0 saturated carbocycles. The monoisotopic (exact) mass is 363 g/mol. The highest BCUT2D eigenvalue weighted by Gasteiger charge is 2.19. The predicted molar refractivity (Wildman–Crippen MR) is 101 cm³/mol. The highest BCUT2D eigenvalue weighted by Crippen LogP contribution is 2.23. The number of nitrogens with one attached hydrogen (secondary N) is 1. The zero-order valence-corrected chi connectivity index (χ0v) is 15.4. The number of hydrogen-bond acceptors (Lipinski definition) is 4. The van der Waals surface area contributed by atoms with Crippen LogP contribution in [0.5, 0.6) is 0 Å². The Kier molecular flexibility index (Phi) is 5.89. The van der Waals surface area contributed by atoms with Gasteiger partial charge in [-0.1, -0.05) is 29.8 Å². The molecule has 128 valence electrons. The molecule has 6 heteroatoms. The Morgan fingerprint density at radius 2 is 1.83 bits per heavy atom. The van der Waals surface area contributed by atoms with Gasteiger partial charge in [-0.2, -0.15) is 0 Å². The number of anilines is 1. The SMILES string of the molecule is Cc1ccccc1NC(=O)CN1CCN(Cc2ccc(Cl)s2)CC1. The number of thiophene rings is 1. The van der Waals surface area contributed by atoms with Crippen molar-refractivity contribution in [2.75, 3.05) is 38.0 Å². The summed E-state index contributed by atoms with van der Waals surface area (Å²) in [5.41, 5.74) is 1.99. The van der Waals surface area contributed by atoms with Gasteiger partial charge in [0.25, 0.3) is 0 Å². The van der Waals surface area contributed by atoms with E-state index < -0.39 is 0 Å². The summed E-state index contributed by atoms with van der Waals surface area (Å²) in [7, 11) is 0. The fraction of sp³-hybridized carbons (Fsp3) is 0.389. The van der Waals surface area contributed by atoms with E-state index in [1.54, 1.807) is 11.3 Å². The lowest BCUT2D eigenvalue weighted by Crippen LogP contribution is -2.48. The van der Waals surface area contributed by atoms with Crippen LogP contribution < -0.4 is 5.32 Å². The number of halogens is 1. The fourth-order valence-electron chi connectivity index (χ4n) is 2.87. The molecule has 0 atom stereocenters. The van der Waals surface area contributed by atoms with Gasteiger partial charge >= 0.3 is 0 Å². The summed E-state index contributed by atoms with van der Waals surface area (Å²) in [6.07, 6.45) is 0. The molecule has 1 aliphatic heterocycles. The van der Waals surface area contributed by atoms with Crippen LogP contribution in [0.4, 0.5) is 5.69 Å². The molecule has 1 amide bonds. The zero-order valence-electron chi connectivity index (χ0n) is 13.8. The van der Waals surface area contributed by atoms with Gasteiger partial charge in [0, 0.05) is 43.3 Å². The lowest BCUT2D eigenvalue weighted by molar-refractivity contribution is -0.117. The van der Waals surface area contributed by atoms with Crippen LogP contribution in [-0.4, -0.2) is 48.4 Å². The van der Waals surface area contributed by atoms with Crippen molar-refractivity contribution in [2.24, 2.45) is 0 Å². The summed E-state index contributed by atoms with van der Waals surface area (Å²) in [4.78, 5) is 18.2. The van der Waals surface area contributed by atoms with E-state index in [1.165, 1.54) is 4.88 Å². The standard InChI is InChI=1S/C18H22ClN3OS/c1-14-4-2-3-5-16(14)20-18(23)13-22-10-8-21(9-11-22)12-15-6-7-17(19)24-15/h2-7H,8-13H2,1H3,(H,20,23). The van der Waals surface area contributed by atoms with E-state index in [-0.39, 0.29) is 5.91 Å². The number of hydrogen-bond donors (Lipinski definition) is 1. The topological polar surface area (TPSA) is 35.6 Å². The molecule has 1 N–H and O–H groups in total. The molecular formula is C18H22ClN3OS. The number of carbonyl (C=O) groups excluding carboxylic acids is 1. The first-order chi connectivity index (χ1) is 11.6. The zero-order chi connectivity index (χ0) is 16.9. The first kappa shape index (κ1) is 17.4. The molecular weight excluding hydrogens is 342 g/mol. The van der Waals surface area contributed by atoms with Gasteiger partial charge in [-0.15, -0.1) is 11.3 Å². The van der Waals surface area contributed by atoms with Gasteiger partial charge in [-0.05, 0) is 30.7 Å². The predicted octanol–water partition coefficient (Wildman–Crippen LogP) is 3.47. The molecule has 3 rings (SSSR count). The third-order valence-corrected chi connectivity index (χ3v) is 5.48. The Bertz CT molecular complexity index is 695. The smallest absolute Gasteiger partial charge is 0.238 e. The van der Waals surface area contributed by atoms with Gasteiger partial charge in [-0.3, -0.25) is 14.6 Å². The molecule has 0 aliphatic carbocycles. The summed E-state index contributed by atoms with van der Waals surface area (Å²) in [6.45, 7) is 7.19. The van der Waals surface area contributed by atoms with Crippen molar-refractivity contribution in [2.45, 2.75) is 13.5 Å². The molecule has 0 unspecified atom stereocenters. The normalized spacial score (nSPS) is 16.2. The van der Waals surface area contributed by atoms with Gasteiger partial charge < -0.3 is 5.32 Å². The van der Waals surface area contributed by atoms with Crippen LogP contribution in [0.15, 0.2) is 36.4 Å². The third kappa shape index (κ3) is 4.80. The average Bonchev–Trinajstić information content (AvgIpc) is 2.96. The first-order valence-electron chi connectivity index (χ1n) is 8.14. The van der Waals surface area contributed by atoms with Crippen molar-refractivity contribution in [3.63, 3.8) is 0 Å². The number of nitrogens with zero attached hydrogens (tertiary/aromatic N) is 2. The Hall–Kier alpha value is -1.40. The number of amides is 1. The van der Waals surface area contributed by atoms with Crippen LogP contribution in [0.1, 0.15) is 10.4 Å². The van der Waals surface area contributed by atoms with Gasteiger partial charge in [0.05, 0.1) is 10.9 Å². The number of benzene rings is 1. The second kappa shape index (κ2) is 8.12. The number of aryl methyl sites for hydroxylation is 1. The van der Waals surface area contributed by atoms with Crippen molar-refractivity contribution in [3.05, 3.63) is 51.2 Å². The number of carbonyl (C=O) groups is 1. The summed E-state index contributed by atoms with van der Waals surface area (Å²) in [6, 6.07) is 11.9. The highest BCUT2D eigenvalue weighted by atomic mass is 35.5. The van der Waals surface area contributed by atoms with E-state index in [0.29, 0.717) is 6.54 Å². The quantitative estimate of drug-likeness (QED) is 0.883. The number of rotatable bonds is 5. The maximum Gasteiger partial charge on any atom is 0.238 e.